The zero-order chi connectivity index (χ0) is 10.1. The number of hydrogen-bond donors (Lipinski definition) is 1. The van der Waals surface area contributed by atoms with Crippen molar-refractivity contribution in [3.63, 3.8) is 0 Å². The smallest absolute Gasteiger partial charge is 0.142 e. The second kappa shape index (κ2) is 3.63. The highest BCUT2D eigenvalue weighted by Crippen LogP contribution is 2.20. The Balaban J connectivity index is 2.76. The molecule has 3 nitrogen and oxygen atoms in total. The molecule has 0 bridgehead atoms. The Bertz CT molecular complexity index is 482. The van der Waals surface area contributed by atoms with Crippen LogP contribution in [-0.4, -0.2) is 9.97 Å². The summed E-state index contributed by atoms with van der Waals surface area (Å²) in [6, 6.07) is 5.95. The minimum atomic E-state index is 0.382. The summed E-state index contributed by atoms with van der Waals surface area (Å²) in [7, 11) is 0. The highest BCUT2D eigenvalue weighted by atomic mass is 79.9. The van der Waals surface area contributed by atoms with Crippen molar-refractivity contribution in [3.05, 3.63) is 34.2 Å². The van der Waals surface area contributed by atoms with Crippen molar-refractivity contribution in [2.24, 2.45) is 5.73 Å². The van der Waals surface area contributed by atoms with E-state index in [0.717, 1.165) is 21.1 Å². The Kier molecular flexibility index (Phi) is 2.48. The largest absolute Gasteiger partial charge is 0.324 e. The Morgan fingerprint density at radius 2 is 2.14 bits per heavy atom. The van der Waals surface area contributed by atoms with Crippen LogP contribution in [0.25, 0.3) is 10.9 Å². The topological polar surface area (TPSA) is 51.8 Å². The predicted molar refractivity (Wildman–Crippen MR) is 59.9 cm³/mol. The van der Waals surface area contributed by atoms with E-state index in [0.29, 0.717) is 12.4 Å². The van der Waals surface area contributed by atoms with Gasteiger partial charge in [0.15, 0.2) is 0 Å². The molecule has 2 N–H and O–H groups in total. The summed E-state index contributed by atoms with van der Waals surface area (Å²) >= 11 is 3.42. The minimum absolute atomic E-state index is 0.382. The molecule has 0 aliphatic heterocycles. The van der Waals surface area contributed by atoms with Gasteiger partial charge in [0, 0.05) is 15.6 Å². The highest BCUT2D eigenvalue weighted by Gasteiger charge is 2.03. The van der Waals surface area contributed by atoms with Gasteiger partial charge in [0.05, 0.1) is 12.1 Å². The van der Waals surface area contributed by atoms with Crippen LogP contribution in [0, 0.1) is 6.92 Å². The lowest BCUT2D eigenvalue weighted by Gasteiger charge is -2.03. The molecule has 0 aliphatic rings. The molecule has 0 radical (unpaired) electrons. The minimum Gasteiger partial charge on any atom is -0.324 e. The third-order valence-electron chi connectivity index (χ3n) is 2.08. The van der Waals surface area contributed by atoms with Gasteiger partial charge >= 0.3 is 0 Å². The van der Waals surface area contributed by atoms with Gasteiger partial charge in [0.1, 0.15) is 5.82 Å². The van der Waals surface area contributed by atoms with E-state index in [-0.39, 0.29) is 0 Å². The van der Waals surface area contributed by atoms with E-state index in [1.165, 1.54) is 0 Å². The molecule has 0 amide bonds. The first-order valence-electron chi connectivity index (χ1n) is 4.33. The Morgan fingerprint density at radius 1 is 1.36 bits per heavy atom. The number of rotatable bonds is 1. The van der Waals surface area contributed by atoms with Crippen molar-refractivity contribution in [1.82, 2.24) is 9.97 Å². The molecule has 0 unspecified atom stereocenters. The number of aryl methyl sites for hydroxylation is 1. The molecular formula is C10H10BrN3. The monoisotopic (exact) mass is 251 g/mol. The summed E-state index contributed by atoms with van der Waals surface area (Å²) in [6.07, 6.45) is 0. The van der Waals surface area contributed by atoms with Crippen molar-refractivity contribution < 1.29 is 0 Å². The molecule has 2 aromatic rings. The fraction of sp³-hybridized carbons (Fsp3) is 0.200. The van der Waals surface area contributed by atoms with Crippen molar-refractivity contribution in [2.45, 2.75) is 13.5 Å². The molecular weight excluding hydrogens is 242 g/mol. The van der Waals surface area contributed by atoms with E-state index in [9.17, 15) is 0 Å². The van der Waals surface area contributed by atoms with Gasteiger partial charge in [-0.15, -0.1) is 0 Å². The molecule has 0 fully saturated rings. The highest BCUT2D eigenvalue weighted by molar-refractivity contribution is 9.10. The SMILES string of the molecule is Cc1nc(CN)nc2ccc(Br)cc12. The normalized spacial score (nSPS) is 10.8. The van der Waals surface area contributed by atoms with Crippen molar-refractivity contribution in [3.8, 4) is 0 Å². The Hall–Kier alpha value is -1.000. The number of aromatic nitrogens is 2. The van der Waals surface area contributed by atoms with Crippen LogP contribution in [0.15, 0.2) is 22.7 Å². The quantitative estimate of drug-likeness (QED) is 0.846. The third-order valence-corrected chi connectivity index (χ3v) is 2.57. The first-order valence-corrected chi connectivity index (χ1v) is 5.13. The molecule has 1 aromatic heterocycles. The van der Waals surface area contributed by atoms with Gasteiger partial charge < -0.3 is 5.73 Å². The van der Waals surface area contributed by atoms with Crippen LogP contribution in [-0.2, 0) is 6.54 Å². The van der Waals surface area contributed by atoms with Gasteiger partial charge in [-0.1, -0.05) is 15.9 Å². The molecule has 4 heteroatoms. The van der Waals surface area contributed by atoms with E-state index < -0.39 is 0 Å². The number of hydrogen-bond acceptors (Lipinski definition) is 3. The molecule has 0 aliphatic carbocycles. The zero-order valence-corrected chi connectivity index (χ0v) is 9.37. The summed E-state index contributed by atoms with van der Waals surface area (Å²) in [5, 5.41) is 1.07. The summed E-state index contributed by atoms with van der Waals surface area (Å²) in [5.74, 6) is 0.692. The first-order chi connectivity index (χ1) is 6.70. The average molecular weight is 252 g/mol. The Labute approximate surface area is 90.5 Å². The zero-order valence-electron chi connectivity index (χ0n) is 7.79. The second-order valence-corrected chi connectivity index (χ2v) is 4.01. The van der Waals surface area contributed by atoms with E-state index in [1.54, 1.807) is 0 Å². The lowest BCUT2D eigenvalue weighted by Crippen LogP contribution is -2.04. The molecule has 14 heavy (non-hydrogen) atoms. The molecule has 72 valence electrons. The van der Waals surface area contributed by atoms with E-state index >= 15 is 0 Å². The average Bonchev–Trinajstić information content (AvgIpc) is 2.19. The van der Waals surface area contributed by atoms with E-state index in [1.807, 2.05) is 25.1 Å². The van der Waals surface area contributed by atoms with Gasteiger partial charge in [-0.2, -0.15) is 0 Å². The van der Waals surface area contributed by atoms with E-state index in [2.05, 4.69) is 25.9 Å². The van der Waals surface area contributed by atoms with Crippen molar-refractivity contribution >= 4 is 26.8 Å². The number of benzene rings is 1. The van der Waals surface area contributed by atoms with Gasteiger partial charge in [0.25, 0.3) is 0 Å². The molecule has 1 aromatic carbocycles. The second-order valence-electron chi connectivity index (χ2n) is 3.09. The van der Waals surface area contributed by atoms with Crippen LogP contribution in [0.2, 0.25) is 0 Å². The summed E-state index contributed by atoms with van der Waals surface area (Å²) in [4.78, 5) is 8.64. The summed E-state index contributed by atoms with van der Waals surface area (Å²) < 4.78 is 1.04. The maximum absolute atomic E-state index is 5.51. The maximum atomic E-state index is 5.51. The molecule has 0 saturated carbocycles. The standard InChI is InChI=1S/C10H10BrN3/c1-6-8-4-7(11)2-3-9(8)14-10(5-12)13-6/h2-4H,5,12H2,1H3. The van der Waals surface area contributed by atoms with Crippen LogP contribution in [0.1, 0.15) is 11.5 Å². The number of fused-ring (bicyclic) bond motifs is 1. The lowest BCUT2D eigenvalue weighted by molar-refractivity contribution is 0.911. The maximum Gasteiger partial charge on any atom is 0.142 e. The predicted octanol–water partition coefficient (Wildman–Crippen LogP) is 2.16. The van der Waals surface area contributed by atoms with Gasteiger partial charge in [-0.25, -0.2) is 9.97 Å². The van der Waals surface area contributed by atoms with Crippen molar-refractivity contribution in [2.75, 3.05) is 0 Å². The summed E-state index contributed by atoms with van der Waals surface area (Å²) in [5.41, 5.74) is 7.42. The van der Waals surface area contributed by atoms with Gasteiger partial charge in [0.2, 0.25) is 0 Å². The molecule has 0 atom stereocenters. The molecule has 1 heterocycles. The van der Waals surface area contributed by atoms with Crippen LogP contribution in [0.4, 0.5) is 0 Å². The van der Waals surface area contributed by atoms with Gasteiger partial charge in [-0.05, 0) is 25.1 Å². The number of nitrogens with zero attached hydrogens (tertiary/aromatic N) is 2. The van der Waals surface area contributed by atoms with Crippen molar-refractivity contribution in [1.29, 1.82) is 0 Å². The first kappa shape index (κ1) is 9.55. The molecule has 0 spiro atoms. The molecule has 2 rings (SSSR count). The van der Waals surface area contributed by atoms with Crippen LogP contribution in [0.5, 0.6) is 0 Å². The Morgan fingerprint density at radius 3 is 2.86 bits per heavy atom. The van der Waals surface area contributed by atoms with Crippen LogP contribution in [0.3, 0.4) is 0 Å². The van der Waals surface area contributed by atoms with Crippen LogP contribution < -0.4 is 5.73 Å². The number of halogens is 1. The van der Waals surface area contributed by atoms with Crippen LogP contribution >= 0.6 is 15.9 Å². The summed E-state index contributed by atoms with van der Waals surface area (Å²) in [6.45, 7) is 2.35. The van der Waals surface area contributed by atoms with E-state index in [4.69, 9.17) is 5.73 Å². The third kappa shape index (κ3) is 1.63. The number of nitrogens with two attached hydrogens (primary N) is 1. The fourth-order valence-electron chi connectivity index (χ4n) is 1.40. The fourth-order valence-corrected chi connectivity index (χ4v) is 1.77. The molecule has 0 saturated heterocycles. The lowest BCUT2D eigenvalue weighted by atomic mass is 10.2. The van der Waals surface area contributed by atoms with Gasteiger partial charge in [-0.3, -0.25) is 0 Å².